The summed E-state index contributed by atoms with van der Waals surface area (Å²) in [5.41, 5.74) is 7.50. The second-order valence-corrected chi connectivity index (χ2v) is 3.94. The number of halogens is 1. The smallest absolute Gasteiger partial charge is 0.126 e. The van der Waals surface area contributed by atoms with E-state index < -0.39 is 0 Å². The third-order valence-corrected chi connectivity index (χ3v) is 2.76. The zero-order valence-electron chi connectivity index (χ0n) is 10.2. The van der Waals surface area contributed by atoms with Crippen molar-refractivity contribution in [3.63, 3.8) is 0 Å². The molecule has 0 fully saturated rings. The van der Waals surface area contributed by atoms with Crippen LogP contribution in [-0.4, -0.2) is 12.7 Å². The number of benzene rings is 1. The fraction of sp³-hybridized carbons (Fsp3) is 0.538. The van der Waals surface area contributed by atoms with Crippen molar-refractivity contribution in [2.45, 2.75) is 39.3 Å². The zero-order chi connectivity index (χ0) is 12.1. The molecule has 0 saturated carbocycles. The van der Waals surface area contributed by atoms with Crippen LogP contribution in [0, 0.1) is 12.7 Å². The highest BCUT2D eigenvalue weighted by Crippen LogP contribution is 2.21. The molecule has 0 amide bonds. The fourth-order valence-electron chi connectivity index (χ4n) is 1.72. The molecule has 3 heteroatoms. The topological polar surface area (TPSA) is 35.2 Å². The first-order chi connectivity index (χ1) is 7.60. The third-order valence-electron chi connectivity index (χ3n) is 2.76. The number of rotatable bonds is 5. The first kappa shape index (κ1) is 13.1. The zero-order valence-corrected chi connectivity index (χ0v) is 10.2. The highest BCUT2D eigenvalue weighted by Gasteiger charge is 2.18. The molecule has 2 nitrogen and oxygen atoms in total. The summed E-state index contributed by atoms with van der Waals surface area (Å²) in [6, 6.07) is 4.86. The van der Waals surface area contributed by atoms with Gasteiger partial charge < -0.3 is 10.5 Å². The molecule has 1 aromatic rings. The van der Waals surface area contributed by atoms with Crippen LogP contribution in [0.2, 0.25) is 0 Å². The summed E-state index contributed by atoms with van der Waals surface area (Å²) in [5, 5.41) is 0. The molecular formula is C13H20FNO. The van der Waals surface area contributed by atoms with Gasteiger partial charge in [0.1, 0.15) is 5.82 Å². The van der Waals surface area contributed by atoms with Gasteiger partial charge in [-0.05, 0) is 37.5 Å². The van der Waals surface area contributed by atoms with Crippen molar-refractivity contribution in [3.8, 4) is 0 Å². The summed E-state index contributed by atoms with van der Waals surface area (Å²) in [7, 11) is 0. The van der Waals surface area contributed by atoms with E-state index in [0.29, 0.717) is 12.2 Å². The predicted octanol–water partition coefficient (Wildman–Crippen LogP) is 2.95. The van der Waals surface area contributed by atoms with Crippen molar-refractivity contribution < 1.29 is 9.13 Å². The van der Waals surface area contributed by atoms with Crippen LogP contribution < -0.4 is 5.73 Å². The number of nitrogens with two attached hydrogens (primary N) is 1. The molecular weight excluding hydrogens is 205 g/mol. The molecule has 0 heterocycles. The Hall–Kier alpha value is -0.930. The summed E-state index contributed by atoms with van der Waals surface area (Å²) < 4.78 is 18.9. The van der Waals surface area contributed by atoms with Gasteiger partial charge in [-0.2, -0.15) is 0 Å². The molecule has 1 rings (SSSR count). The van der Waals surface area contributed by atoms with Crippen molar-refractivity contribution in [1.82, 2.24) is 0 Å². The Kier molecular flexibility index (Phi) is 4.90. The van der Waals surface area contributed by atoms with Gasteiger partial charge in [0.25, 0.3) is 0 Å². The molecule has 0 aliphatic rings. The van der Waals surface area contributed by atoms with Gasteiger partial charge in [-0.25, -0.2) is 4.39 Å². The fourth-order valence-corrected chi connectivity index (χ4v) is 1.72. The SMILES string of the molecule is CCOC(CC)C(N)c1ccc(C)c(F)c1. The lowest BCUT2D eigenvalue weighted by Crippen LogP contribution is -2.28. The lowest BCUT2D eigenvalue weighted by atomic mass is 9.99. The van der Waals surface area contributed by atoms with Crippen molar-refractivity contribution in [2.24, 2.45) is 5.73 Å². The number of aryl methyl sites for hydroxylation is 1. The van der Waals surface area contributed by atoms with E-state index in [1.807, 2.05) is 19.9 Å². The van der Waals surface area contributed by atoms with Crippen LogP contribution in [0.5, 0.6) is 0 Å². The summed E-state index contributed by atoms with van der Waals surface area (Å²) in [6.07, 6.45) is 0.775. The highest BCUT2D eigenvalue weighted by atomic mass is 19.1. The van der Waals surface area contributed by atoms with E-state index in [4.69, 9.17) is 10.5 Å². The number of ether oxygens (including phenoxy) is 1. The molecule has 0 aromatic heterocycles. The Bertz CT molecular complexity index is 341. The Morgan fingerprint density at radius 2 is 2.06 bits per heavy atom. The summed E-state index contributed by atoms with van der Waals surface area (Å²) in [6.45, 7) is 6.32. The third kappa shape index (κ3) is 3.03. The van der Waals surface area contributed by atoms with Gasteiger partial charge in [-0.15, -0.1) is 0 Å². The molecule has 2 atom stereocenters. The predicted molar refractivity (Wildman–Crippen MR) is 63.8 cm³/mol. The normalized spacial score (nSPS) is 14.8. The summed E-state index contributed by atoms with van der Waals surface area (Å²) >= 11 is 0. The Morgan fingerprint density at radius 1 is 1.38 bits per heavy atom. The molecule has 0 radical (unpaired) electrons. The molecule has 0 aliphatic heterocycles. The van der Waals surface area contributed by atoms with Crippen LogP contribution in [0.4, 0.5) is 4.39 Å². The van der Waals surface area contributed by atoms with Gasteiger partial charge in [-0.3, -0.25) is 0 Å². The quantitative estimate of drug-likeness (QED) is 0.836. The van der Waals surface area contributed by atoms with Crippen LogP contribution in [0.25, 0.3) is 0 Å². The number of hydrogen-bond acceptors (Lipinski definition) is 2. The van der Waals surface area contributed by atoms with Crippen LogP contribution in [0.15, 0.2) is 18.2 Å². The molecule has 16 heavy (non-hydrogen) atoms. The van der Waals surface area contributed by atoms with E-state index in [0.717, 1.165) is 12.0 Å². The molecule has 0 aliphatic carbocycles. The van der Waals surface area contributed by atoms with E-state index in [9.17, 15) is 4.39 Å². The summed E-state index contributed by atoms with van der Waals surface area (Å²) in [5.74, 6) is -0.209. The second-order valence-electron chi connectivity index (χ2n) is 3.94. The van der Waals surface area contributed by atoms with E-state index in [1.54, 1.807) is 13.0 Å². The highest BCUT2D eigenvalue weighted by molar-refractivity contribution is 5.26. The standard InChI is InChI=1S/C13H20FNO/c1-4-12(16-5-2)13(15)10-7-6-9(3)11(14)8-10/h6-8,12-13H,4-5,15H2,1-3H3. The van der Waals surface area contributed by atoms with Crippen molar-refractivity contribution in [3.05, 3.63) is 35.1 Å². The molecule has 90 valence electrons. The van der Waals surface area contributed by atoms with Crippen molar-refractivity contribution in [1.29, 1.82) is 0 Å². The average molecular weight is 225 g/mol. The van der Waals surface area contributed by atoms with Crippen LogP contribution in [-0.2, 0) is 4.74 Å². The Labute approximate surface area is 96.6 Å². The van der Waals surface area contributed by atoms with Gasteiger partial charge in [0.2, 0.25) is 0 Å². The maximum absolute atomic E-state index is 13.4. The largest absolute Gasteiger partial charge is 0.377 e. The summed E-state index contributed by atoms with van der Waals surface area (Å²) in [4.78, 5) is 0. The maximum Gasteiger partial charge on any atom is 0.126 e. The molecule has 2 N–H and O–H groups in total. The van der Waals surface area contributed by atoms with Crippen molar-refractivity contribution in [2.75, 3.05) is 6.61 Å². The van der Waals surface area contributed by atoms with E-state index in [2.05, 4.69) is 0 Å². The number of hydrogen-bond donors (Lipinski definition) is 1. The van der Waals surface area contributed by atoms with Crippen LogP contribution in [0.3, 0.4) is 0 Å². The second kappa shape index (κ2) is 5.97. The van der Waals surface area contributed by atoms with E-state index in [-0.39, 0.29) is 18.0 Å². The van der Waals surface area contributed by atoms with Gasteiger partial charge >= 0.3 is 0 Å². The molecule has 2 unspecified atom stereocenters. The molecule has 0 saturated heterocycles. The molecule has 1 aromatic carbocycles. The maximum atomic E-state index is 13.4. The molecule has 0 spiro atoms. The van der Waals surface area contributed by atoms with Gasteiger partial charge in [0.05, 0.1) is 12.1 Å². The molecule has 0 bridgehead atoms. The van der Waals surface area contributed by atoms with Crippen LogP contribution >= 0.6 is 0 Å². The first-order valence-electron chi connectivity index (χ1n) is 5.73. The minimum Gasteiger partial charge on any atom is -0.377 e. The van der Waals surface area contributed by atoms with Gasteiger partial charge in [-0.1, -0.05) is 19.1 Å². The van der Waals surface area contributed by atoms with E-state index >= 15 is 0 Å². The van der Waals surface area contributed by atoms with Crippen molar-refractivity contribution >= 4 is 0 Å². The lowest BCUT2D eigenvalue weighted by molar-refractivity contribution is 0.0413. The van der Waals surface area contributed by atoms with Gasteiger partial charge in [0.15, 0.2) is 0 Å². The minimum absolute atomic E-state index is 0.0490. The Balaban J connectivity index is 2.85. The average Bonchev–Trinajstić information content (AvgIpc) is 2.28. The monoisotopic (exact) mass is 225 g/mol. The van der Waals surface area contributed by atoms with Crippen LogP contribution in [0.1, 0.15) is 37.4 Å². The van der Waals surface area contributed by atoms with E-state index in [1.165, 1.54) is 6.07 Å². The minimum atomic E-state index is -0.264. The lowest BCUT2D eigenvalue weighted by Gasteiger charge is -2.23. The van der Waals surface area contributed by atoms with Gasteiger partial charge in [0, 0.05) is 6.61 Å². The Morgan fingerprint density at radius 3 is 2.56 bits per heavy atom. The first-order valence-corrected chi connectivity index (χ1v) is 5.73.